The van der Waals surface area contributed by atoms with Gasteiger partial charge in [-0.2, -0.15) is 13.2 Å². The molecule has 1 N–H and O–H groups in total. The molecule has 1 saturated carbocycles. The number of carbonyl (C=O) groups is 3. The number of hydrogen-bond acceptors (Lipinski definition) is 3. The van der Waals surface area contributed by atoms with E-state index in [4.69, 9.17) is 0 Å². The first kappa shape index (κ1) is 16.8. The lowest BCUT2D eigenvalue weighted by molar-refractivity contribution is -0.137. The molecular weight excluding hydrogens is 349 g/mol. The molecule has 26 heavy (non-hydrogen) atoms. The number of hydrogen-bond donors (Lipinski definition) is 1. The molecule has 136 valence electrons. The largest absolute Gasteiger partial charge is 0.416 e. The number of amides is 3. The summed E-state index contributed by atoms with van der Waals surface area (Å²) in [6, 6.07) is 2.63. The predicted octanol–water partition coefficient (Wildman–Crippen LogP) is 2.98. The fourth-order valence-corrected chi connectivity index (χ4v) is 4.33. The van der Waals surface area contributed by atoms with E-state index < -0.39 is 41.3 Å². The highest BCUT2D eigenvalue weighted by molar-refractivity contribution is 6.24. The van der Waals surface area contributed by atoms with Gasteiger partial charge in [0.15, 0.2) is 0 Å². The van der Waals surface area contributed by atoms with E-state index in [1.165, 1.54) is 6.92 Å². The quantitative estimate of drug-likeness (QED) is 0.648. The number of nitrogens with one attached hydrogen (secondary N) is 1. The molecule has 3 amide bonds. The zero-order valence-corrected chi connectivity index (χ0v) is 13.7. The third-order valence-corrected chi connectivity index (χ3v) is 5.35. The van der Waals surface area contributed by atoms with Crippen LogP contribution in [0.1, 0.15) is 18.9 Å². The van der Waals surface area contributed by atoms with Crippen LogP contribution >= 0.6 is 0 Å². The van der Waals surface area contributed by atoms with E-state index in [0.29, 0.717) is 0 Å². The average molecular weight is 364 g/mol. The van der Waals surface area contributed by atoms with Crippen molar-refractivity contribution in [2.75, 3.05) is 10.2 Å². The van der Waals surface area contributed by atoms with Gasteiger partial charge in [0.25, 0.3) is 0 Å². The van der Waals surface area contributed by atoms with E-state index in [-0.39, 0.29) is 23.2 Å². The standard InChI is InChI=1S/C18H15F3N2O3/c1-8(24)22-12-5-4-11(18(19,20)21)7-13(12)23-16(25)14-9-2-3-10(6-9)15(14)17(23)26/h2-5,7,9-10,14-15H,6H2,1H3,(H,22,24). The first-order chi connectivity index (χ1) is 12.2. The Kier molecular flexibility index (Phi) is 3.51. The smallest absolute Gasteiger partial charge is 0.325 e. The number of fused-ring (bicyclic) bond motifs is 5. The van der Waals surface area contributed by atoms with Crippen LogP contribution < -0.4 is 10.2 Å². The van der Waals surface area contributed by atoms with E-state index in [1.54, 1.807) is 0 Å². The van der Waals surface area contributed by atoms with Crippen LogP contribution in [0.25, 0.3) is 0 Å². The fraction of sp³-hybridized carbons (Fsp3) is 0.389. The fourth-order valence-electron chi connectivity index (χ4n) is 4.33. The van der Waals surface area contributed by atoms with E-state index in [0.717, 1.165) is 29.5 Å². The van der Waals surface area contributed by atoms with Gasteiger partial charge in [-0.15, -0.1) is 0 Å². The molecule has 4 atom stereocenters. The third kappa shape index (κ3) is 2.35. The Morgan fingerprint density at radius 1 is 1.12 bits per heavy atom. The zero-order valence-electron chi connectivity index (χ0n) is 13.7. The van der Waals surface area contributed by atoms with Gasteiger partial charge in [-0.05, 0) is 36.5 Å². The van der Waals surface area contributed by atoms with Gasteiger partial charge in [-0.3, -0.25) is 14.4 Å². The van der Waals surface area contributed by atoms with Crippen LogP contribution in [0.5, 0.6) is 0 Å². The molecule has 2 bridgehead atoms. The van der Waals surface area contributed by atoms with Gasteiger partial charge in [0.1, 0.15) is 0 Å². The molecule has 3 aliphatic rings. The minimum Gasteiger partial charge on any atom is -0.325 e. The summed E-state index contributed by atoms with van der Waals surface area (Å²) in [5, 5.41) is 2.41. The Labute approximate surface area is 146 Å². The first-order valence-electron chi connectivity index (χ1n) is 8.23. The van der Waals surface area contributed by atoms with Gasteiger partial charge >= 0.3 is 6.18 Å². The van der Waals surface area contributed by atoms with Crippen LogP contribution in [0.4, 0.5) is 24.5 Å². The van der Waals surface area contributed by atoms with Crippen LogP contribution in [-0.2, 0) is 20.6 Å². The van der Waals surface area contributed by atoms with Gasteiger partial charge in [0, 0.05) is 6.92 Å². The van der Waals surface area contributed by atoms with Crippen molar-refractivity contribution in [1.82, 2.24) is 0 Å². The van der Waals surface area contributed by atoms with Gasteiger partial charge < -0.3 is 5.32 Å². The van der Waals surface area contributed by atoms with Crippen molar-refractivity contribution in [3.63, 3.8) is 0 Å². The van der Waals surface area contributed by atoms with Crippen LogP contribution in [0.3, 0.4) is 0 Å². The van der Waals surface area contributed by atoms with Crippen molar-refractivity contribution < 1.29 is 27.6 Å². The molecule has 1 aliphatic heterocycles. The molecule has 0 aromatic heterocycles. The summed E-state index contributed by atoms with van der Waals surface area (Å²) in [6.07, 6.45) is -0.101. The maximum Gasteiger partial charge on any atom is 0.416 e. The second-order valence-electron chi connectivity index (χ2n) is 6.92. The normalized spacial score (nSPS) is 29.5. The molecule has 4 unspecified atom stereocenters. The average Bonchev–Trinajstić information content (AvgIpc) is 3.21. The van der Waals surface area contributed by atoms with Crippen molar-refractivity contribution >= 4 is 29.1 Å². The van der Waals surface area contributed by atoms with Crippen molar-refractivity contribution in [2.24, 2.45) is 23.7 Å². The summed E-state index contributed by atoms with van der Waals surface area (Å²) in [4.78, 5) is 38.0. The van der Waals surface area contributed by atoms with Crippen LogP contribution in [-0.4, -0.2) is 17.7 Å². The Morgan fingerprint density at radius 3 is 2.19 bits per heavy atom. The highest BCUT2D eigenvalue weighted by Crippen LogP contribution is 2.54. The molecule has 1 aromatic carbocycles. The third-order valence-electron chi connectivity index (χ3n) is 5.35. The van der Waals surface area contributed by atoms with Crippen molar-refractivity contribution in [3.05, 3.63) is 35.9 Å². The summed E-state index contributed by atoms with van der Waals surface area (Å²) >= 11 is 0. The maximum absolute atomic E-state index is 13.1. The molecule has 8 heteroatoms. The number of anilines is 2. The number of carbonyl (C=O) groups excluding carboxylic acids is 3. The van der Waals surface area contributed by atoms with Gasteiger partial charge in [-0.25, -0.2) is 4.90 Å². The molecule has 5 nitrogen and oxygen atoms in total. The molecule has 2 fully saturated rings. The summed E-state index contributed by atoms with van der Waals surface area (Å²) in [7, 11) is 0. The molecule has 2 aliphatic carbocycles. The summed E-state index contributed by atoms with van der Waals surface area (Å²) in [6.45, 7) is 1.20. The van der Waals surface area contributed by atoms with Crippen LogP contribution in [0.2, 0.25) is 0 Å². The van der Waals surface area contributed by atoms with E-state index in [1.807, 2.05) is 12.2 Å². The molecule has 4 rings (SSSR count). The second-order valence-corrected chi connectivity index (χ2v) is 6.92. The minimum absolute atomic E-state index is 0.00693. The lowest BCUT2D eigenvalue weighted by Gasteiger charge is -2.22. The van der Waals surface area contributed by atoms with Gasteiger partial charge in [-0.1, -0.05) is 12.2 Å². The van der Waals surface area contributed by atoms with Crippen molar-refractivity contribution in [3.8, 4) is 0 Å². The van der Waals surface area contributed by atoms with Crippen molar-refractivity contribution in [2.45, 2.75) is 19.5 Å². The summed E-state index contributed by atoms with van der Waals surface area (Å²) < 4.78 is 39.4. The van der Waals surface area contributed by atoms with Crippen LogP contribution in [0, 0.1) is 23.7 Å². The van der Waals surface area contributed by atoms with Gasteiger partial charge in [0.05, 0.1) is 28.8 Å². The van der Waals surface area contributed by atoms with Crippen molar-refractivity contribution in [1.29, 1.82) is 0 Å². The van der Waals surface area contributed by atoms with E-state index in [2.05, 4.69) is 5.32 Å². The summed E-state index contributed by atoms with van der Waals surface area (Å²) in [5.74, 6) is -2.67. The Bertz CT molecular complexity index is 832. The minimum atomic E-state index is -4.63. The number of imide groups is 1. The Morgan fingerprint density at radius 2 is 1.69 bits per heavy atom. The molecule has 1 aromatic rings. The number of rotatable bonds is 2. The molecule has 0 spiro atoms. The first-order valence-corrected chi connectivity index (χ1v) is 8.23. The Balaban J connectivity index is 1.80. The lowest BCUT2D eigenvalue weighted by Crippen LogP contribution is -2.34. The monoisotopic (exact) mass is 364 g/mol. The Hall–Kier alpha value is -2.64. The zero-order chi connectivity index (χ0) is 18.8. The van der Waals surface area contributed by atoms with E-state index >= 15 is 0 Å². The molecule has 1 heterocycles. The number of benzene rings is 1. The highest BCUT2D eigenvalue weighted by atomic mass is 19.4. The van der Waals surface area contributed by atoms with E-state index in [9.17, 15) is 27.6 Å². The second kappa shape index (κ2) is 5.43. The predicted molar refractivity (Wildman–Crippen MR) is 86.0 cm³/mol. The number of halogens is 3. The highest BCUT2D eigenvalue weighted by Gasteiger charge is 2.60. The molecule has 0 radical (unpaired) electrons. The number of nitrogens with zero attached hydrogens (tertiary/aromatic N) is 1. The molecule has 1 saturated heterocycles. The number of allylic oxidation sites excluding steroid dienone is 2. The SMILES string of the molecule is CC(=O)Nc1ccc(C(F)(F)F)cc1N1C(=O)C2C3C=CC(C3)C2C1=O. The maximum atomic E-state index is 13.1. The summed E-state index contributed by atoms with van der Waals surface area (Å²) in [5.41, 5.74) is -1.20. The molecular formula is C18H15F3N2O3. The van der Waals surface area contributed by atoms with Gasteiger partial charge in [0.2, 0.25) is 17.7 Å². The number of alkyl halides is 3. The van der Waals surface area contributed by atoms with Crippen LogP contribution in [0.15, 0.2) is 30.4 Å². The topological polar surface area (TPSA) is 66.5 Å². The lowest BCUT2D eigenvalue weighted by atomic mass is 9.85.